The van der Waals surface area contributed by atoms with E-state index in [-0.39, 0.29) is 17.0 Å². The number of pyridine rings is 1. The normalized spacial score (nSPS) is 11.5. The molecule has 0 N–H and O–H groups in total. The van der Waals surface area contributed by atoms with Crippen LogP contribution in [-0.4, -0.2) is 26.7 Å². The molecule has 3 aromatic rings. The molecule has 0 amide bonds. The van der Waals surface area contributed by atoms with E-state index in [0.717, 1.165) is 5.56 Å². The Morgan fingerprint density at radius 3 is 2.36 bits per heavy atom. The van der Waals surface area contributed by atoms with Crippen LogP contribution in [0.15, 0.2) is 58.4 Å². The number of carbonyl (C=O) groups excluding carboxylic acids is 1. The van der Waals surface area contributed by atoms with E-state index in [0.29, 0.717) is 16.7 Å². The summed E-state index contributed by atoms with van der Waals surface area (Å²) >= 11 is 1.24. The van der Waals surface area contributed by atoms with Gasteiger partial charge in [-0.05, 0) is 23.1 Å². The lowest BCUT2D eigenvalue weighted by molar-refractivity contribution is 0.102. The molecule has 5 nitrogen and oxygen atoms in total. The largest absolute Gasteiger partial charge is 0.411 e. The lowest BCUT2D eigenvalue weighted by Gasteiger charge is -2.18. The predicted molar refractivity (Wildman–Crippen MR) is 97.7 cm³/mol. The molecule has 0 aliphatic rings. The van der Waals surface area contributed by atoms with E-state index in [1.807, 2.05) is 24.3 Å². The highest BCUT2D eigenvalue weighted by molar-refractivity contribution is 7.99. The zero-order valence-electron chi connectivity index (χ0n) is 14.4. The molecule has 2 heterocycles. The summed E-state index contributed by atoms with van der Waals surface area (Å²) in [7, 11) is 0. The molecule has 0 atom stereocenters. The number of Topliss-reactive ketones (excluding diaryl/α,β-unsaturated/α-hetero) is 1. The number of thioether (sulfide) groups is 1. The van der Waals surface area contributed by atoms with Gasteiger partial charge in [0.1, 0.15) is 0 Å². The molecule has 2 aromatic heterocycles. The van der Waals surface area contributed by atoms with Crippen LogP contribution in [0.5, 0.6) is 0 Å². The smallest absolute Gasteiger partial charge is 0.277 e. The van der Waals surface area contributed by atoms with Crippen molar-refractivity contribution in [1.29, 1.82) is 0 Å². The van der Waals surface area contributed by atoms with Crippen LogP contribution in [0.1, 0.15) is 36.7 Å². The first-order valence-corrected chi connectivity index (χ1v) is 8.92. The maximum absolute atomic E-state index is 12.3. The van der Waals surface area contributed by atoms with E-state index in [9.17, 15) is 4.79 Å². The first-order valence-electron chi connectivity index (χ1n) is 7.94. The third kappa shape index (κ3) is 4.33. The fourth-order valence-corrected chi connectivity index (χ4v) is 2.90. The molecule has 0 aliphatic carbocycles. The second-order valence-electron chi connectivity index (χ2n) is 6.65. The zero-order chi connectivity index (χ0) is 17.9. The molecule has 0 radical (unpaired) electrons. The Kier molecular flexibility index (Phi) is 4.99. The Hall–Kier alpha value is -2.47. The van der Waals surface area contributed by atoms with Crippen molar-refractivity contribution in [3.8, 4) is 11.5 Å². The van der Waals surface area contributed by atoms with Crippen LogP contribution in [0.3, 0.4) is 0 Å². The topological polar surface area (TPSA) is 68.9 Å². The van der Waals surface area contributed by atoms with Crippen LogP contribution in [0, 0.1) is 0 Å². The first-order chi connectivity index (χ1) is 11.9. The van der Waals surface area contributed by atoms with Crippen molar-refractivity contribution in [3.05, 3.63) is 59.9 Å². The average molecular weight is 353 g/mol. The number of hydrogen-bond donors (Lipinski definition) is 0. The van der Waals surface area contributed by atoms with E-state index >= 15 is 0 Å². The molecule has 3 rings (SSSR count). The molecule has 0 saturated carbocycles. The number of ketones is 1. The Labute approximate surface area is 150 Å². The quantitative estimate of drug-likeness (QED) is 0.500. The third-order valence-electron chi connectivity index (χ3n) is 3.73. The minimum atomic E-state index is 0.0362. The number of nitrogens with zero attached hydrogens (tertiary/aromatic N) is 3. The SMILES string of the molecule is CC(C)(C)c1ccc(C(=O)CSc2nnc(-c3ccncc3)o2)cc1. The second kappa shape index (κ2) is 7.19. The van der Waals surface area contributed by atoms with Crippen LogP contribution in [-0.2, 0) is 5.41 Å². The summed E-state index contributed by atoms with van der Waals surface area (Å²) in [6, 6.07) is 11.4. The van der Waals surface area contributed by atoms with Gasteiger partial charge in [-0.25, -0.2) is 0 Å². The Morgan fingerprint density at radius 1 is 1.04 bits per heavy atom. The molecule has 0 aliphatic heterocycles. The summed E-state index contributed by atoms with van der Waals surface area (Å²) in [6.45, 7) is 6.45. The van der Waals surface area contributed by atoms with Crippen LogP contribution >= 0.6 is 11.8 Å². The van der Waals surface area contributed by atoms with E-state index in [1.165, 1.54) is 17.3 Å². The Balaban J connectivity index is 1.62. The minimum Gasteiger partial charge on any atom is -0.411 e. The van der Waals surface area contributed by atoms with Crippen LogP contribution in [0.25, 0.3) is 11.5 Å². The summed E-state index contributed by atoms with van der Waals surface area (Å²) in [4.78, 5) is 16.3. The van der Waals surface area contributed by atoms with Gasteiger partial charge in [-0.3, -0.25) is 9.78 Å². The van der Waals surface area contributed by atoms with Crippen molar-refractivity contribution in [2.75, 3.05) is 5.75 Å². The molecule has 128 valence electrons. The van der Waals surface area contributed by atoms with Gasteiger partial charge >= 0.3 is 0 Å². The molecular weight excluding hydrogens is 334 g/mol. The summed E-state index contributed by atoms with van der Waals surface area (Å²) in [5.41, 5.74) is 2.77. The maximum atomic E-state index is 12.3. The average Bonchev–Trinajstić information content (AvgIpc) is 3.09. The number of hydrogen-bond acceptors (Lipinski definition) is 6. The van der Waals surface area contributed by atoms with Gasteiger partial charge in [0.05, 0.1) is 5.75 Å². The molecule has 6 heteroatoms. The monoisotopic (exact) mass is 353 g/mol. The zero-order valence-corrected chi connectivity index (χ0v) is 15.2. The van der Waals surface area contributed by atoms with E-state index in [1.54, 1.807) is 24.5 Å². The van der Waals surface area contributed by atoms with Gasteiger partial charge in [0.2, 0.25) is 5.89 Å². The number of benzene rings is 1. The van der Waals surface area contributed by atoms with Gasteiger partial charge in [0.15, 0.2) is 5.78 Å². The number of carbonyl (C=O) groups is 1. The molecule has 0 bridgehead atoms. The standard InChI is InChI=1S/C19H19N3O2S/c1-19(2,3)15-6-4-13(5-7-15)16(23)12-25-18-22-21-17(24-18)14-8-10-20-11-9-14/h4-11H,12H2,1-3H3. The molecule has 0 unspecified atom stereocenters. The third-order valence-corrected chi connectivity index (χ3v) is 4.55. The number of rotatable bonds is 5. The van der Waals surface area contributed by atoms with Gasteiger partial charge in [-0.2, -0.15) is 0 Å². The van der Waals surface area contributed by atoms with E-state index in [2.05, 4.69) is 36.0 Å². The van der Waals surface area contributed by atoms with Crippen molar-refractivity contribution in [3.63, 3.8) is 0 Å². The van der Waals surface area contributed by atoms with Gasteiger partial charge in [0.25, 0.3) is 5.22 Å². The maximum Gasteiger partial charge on any atom is 0.277 e. The van der Waals surface area contributed by atoms with Crippen molar-refractivity contribution >= 4 is 17.5 Å². The molecule has 0 spiro atoms. The lowest BCUT2D eigenvalue weighted by Crippen LogP contribution is -2.11. The molecular formula is C19H19N3O2S. The first kappa shape index (κ1) is 17.4. The minimum absolute atomic E-state index is 0.0362. The van der Waals surface area contributed by atoms with Gasteiger partial charge in [0, 0.05) is 23.5 Å². The number of aromatic nitrogens is 3. The van der Waals surface area contributed by atoms with Crippen molar-refractivity contribution in [2.24, 2.45) is 0 Å². The van der Waals surface area contributed by atoms with E-state index < -0.39 is 0 Å². The summed E-state index contributed by atoms with van der Waals surface area (Å²) in [5, 5.41) is 8.36. The van der Waals surface area contributed by atoms with Crippen molar-refractivity contribution in [2.45, 2.75) is 31.4 Å². The van der Waals surface area contributed by atoms with E-state index in [4.69, 9.17) is 4.42 Å². The lowest BCUT2D eigenvalue weighted by atomic mass is 9.86. The van der Waals surface area contributed by atoms with Crippen LogP contribution in [0.4, 0.5) is 0 Å². The van der Waals surface area contributed by atoms with Gasteiger partial charge in [-0.1, -0.05) is 56.8 Å². The Bertz CT molecular complexity index is 852. The molecule has 0 saturated heterocycles. The molecule has 25 heavy (non-hydrogen) atoms. The highest BCUT2D eigenvalue weighted by Crippen LogP contribution is 2.25. The van der Waals surface area contributed by atoms with Crippen LogP contribution in [0.2, 0.25) is 0 Å². The highest BCUT2D eigenvalue weighted by atomic mass is 32.2. The highest BCUT2D eigenvalue weighted by Gasteiger charge is 2.15. The van der Waals surface area contributed by atoms with Gasteiger partial charge < -0.3 is 4.42 Å². The second-order valence-corrected chi connectivity index (χ2v) is 7.57. The fourth-order valence-electron chi connectivity index (χ4n) is 2.25. The Morgan fingerprint density at radius 2 is 1.72 bits per heavy atom. The molecule has 0 fully saturated rings. The molecule has 1 aromatic carbocycles. The summed E-state index contributed by atoms with van der Waals surface area (Å²) in [6.07, 6.45) is 3.33. The van der Waals surface area contributed by atoms with Crippen molar-refractivity contribution < 1.29 is 9.21 Å². The summed E-state index contributed by atoms with van der Waals surface area (Å²) in [5.74, 6) is 0.716. The van der Waals surface area contributed by atoms with Crippen molar-refractivity contribution in [1.82, 2.24) is 15.2 Å². The fraction of sp³-hybridized carbons (Fsp3) is 0.263. The predicted octanol–water partition coefficient (Wildman–Crippen LogP) is 4.40. The van der Waals surface area contributed by atoms with Gasteiger partial charge in [-0.15, -0.1) is 10.2 Å². The summed E-state index contributed by atoms with van der Waals surface area (Å²) < 4.78 is 5.58. The van der Waals surface area contributed by atoms with Crippen LogP contribution < -0.4 is 0 Å².